The van der Waals surface area contributed by atoms with E-state index in [9.17, 15) is 4.79 Å². The van der Waals surface area contributed by atoms with Crippen molar-refractivity contribution in [3.8, 4) is 17.7 Å². The second-order valence-electron chi connectivity index (χ2n) is 7.11. The van der Waals surface area contributed by atoms with Crippen molar-refractivity contribution in [1.29, 1.82) is 0 Å². The zero-order chi connectivity index (χ0) is 20.8. The van der Waals surface area contributed by atoms with E-state index in [1.165, 1.54) is 0 Å². The van der Waals surface area contributed by atoms with E-state index in [0.717, 1.165) is 28.3 Å². The Morgan fingerprint density at radius 3 is 2.69 bits per heavy atom. The quantitative estimate of drug-likeness (QED) is 0.531. The highest BCUT2D eigenvalue weighted by molar-refractivity contribution is 5.92. The van der Waals surface area contributed by atoms with Crippen LogP contribution in [0.2, 0.25) is 0 Å². The van der Waals surface area contributed by atoms with Crippen LogP contribution in [0.4, 0.5) is 0 Å². The number of benzene rings is 1. The summed E-state index contributed by atoms with van der Waals surface area (Å²) in [5.74, 6) is 6.85. The molecule has 0 saturated heterocycles. The molecule has 2 heterocycles. The molecular weight excluding hydrogens is 360 g/mol. The number of nitrogens with one attached hydrogen (secondary N) is 1. The third kappa shape index (κ3) is 4.85. The number of amides is 1. The van der Waals surface area contributed by atoms with Crippen LogP contribution < -0.4 is 5.32 Å². The van der Waals surface area contributed by atoms with Crippen LogP contribution in [-0.2, 0) is 4.79 Å². The van der Waals surface area contributed by atoms with Gasteiger partial charge in [-0.2, -0.15) is 5.10 Å². The van der Waals surface area contributed by atoms with Gasteiger partial charge in [0.2, 0.25) is 5.91 Å². The Bertz CT molecular complexity index is 1080. The Hall–Kier alpha value is -3.52. The summed E-state index contributed by atoms with van der Waals surface area (Å²) in [5, 5.41) is 7.22. The minimum atomic E-state index is -0.163. The highest BCUT2D eigenvalue weighted by Gasteiger charge is 2.14. The summed E-state index contributed by atoms with van der Waals surface area (Å²) < 4.78 is 4.15. The summed E-state index contributed by atoms with van der Waals surface area (Å²) in [6, 6.07) is 14.1. The van der Waals surface area contributed by atoms with Gasteiger partial charge in [0.05, 0.1) is 12.7 Å². The van der Waals surface area contributed by atoms with Crippen molar-refractivity contribution in [2.75, 3.05) is 6.54 Å². The molecule has 1 amide bonds. The smallest absolute Gasteiger partial charge is 0.244 e. The first-order valence-corrected chi connectivity index (χ1v) is 9.70. The van der Waals surface area contributed by atoms with Crippen molar-refractivity contribution in [2.24, 2.45) is 0 Å². The molecule has 0 saturated carbocycles. The summed E-state index contributed by atoms with van der Waals surface area (Å²) in [6.45, 7) is 8.63. The van der Waals surface area contributed by atoms with Gasteiger partial charge in [0.1, 0.15) is 5.82 Å². The van der Waals surface area contributed by atoms with E-state index in [2.05, 4.69) is 53.7 Å². The fourth-order valence-electron chi connectivity index (χ4n) is 3.21. The first kappa shape index (κ1) is 20.2. The number of carbonyl (C=O) groups is 1. The van der Waals surface area contributed by atoms with Crippen LogP contribution in [0.25, 0.3) is 11.9 Å². The molecule has 1 N–H and O–H groups in total. The van der Waals surface area contributed by atoms with Crippen molar-refractivity contribution < 1.29 is 4.79 Å². The van der Waals surface area contributed by atoms with Crippen LogP contribution in [0.1, 0.15) is 42.4 Å². The standard InChI is InChI=1S/C24H26N4O/c1-18(2)28-24(14-16-26-28)27-19(3)17-22(20(27)4)12-13-23(29)25-15-8-11-21-9-6-5-7-10-21/h5-7,9-10,12-14,16-18H,15H2,1-4H3,(H,25,29)/b13-12+. The normalized spacial score (nSPS) is 10.9. The van der Waals surface area contributed by atoms with Crippen molar-refractivity contribution in [3.63, 3.8) is 0 Å². The van der Waals surface area contributed by atoms with E-state index in [4.69, 9.17) is 0 Å². The fourth-order valence-corrected chi connectivity index (χ4v) is 3.21. The largest absolute Gasteiger partial charge is 0.342 e. The van der Waals surface area contributed by atoms with Gasteiger partial charge in [-0.15, -0.1) is 0 Å². The molecule has 3 rings (SSSR count). The molecule has 0 spiro atoms. The third-order valence-electron chi connectivity index (χ3n) is 4.61. The Balaban J connectivity index is 1.67. The van der Waals surface area contributed by atoms with Gasteiger partial charge in [-0.05, 0) is 57.5 Å². The van der Waals surface area contributed by atoms with Crippen LogP contribution in [0.3, 0.4) is 0 Å². The Labute approximate surface area is 172 Å². The fraction of sp³-hybridized carbons (Fsp3) is 0.250. The molecular formula is C24H26N4O. The summed E-state index contributed by atoms with van der Waals surface area (Å²) in [4.78, 5) is 12.1. The molecule has 0 aliphatic heterocycles. The summed E-state index contributed by atoms with van der Waals surface area (Å²) >= 11 is 0. The van der Waals surface area contributed by atoms with E-state index in [0.29, 0.717) is 6.54 Å². The van der Waals surface area contributed by atoms with Crippen LogP contribution in [0.15, 0.2) is 54.7 Å². The molecule has 0 radical (unpaired) electrons. The Kier molecular flexibility index (Phi) is 6.36. The maximum absolute atomic E-state index is 12.1. The summed E-state index contributed by atoms with van der Waals surface area (Å²) in [6.07, 6.45) is 5.21. The number of rotatable bonds is 5. The number of aromatic nitrogens is 3. The lowest BCUT2D eigenvalue weighted by Gasteiger charge is -2.15. The molecule has 29 heavy (non-hydrogen) atoms. The van der Waals surface area contributed by atoms with Gasteiger partial charge in [-0.25, -0.2) is 4.68 Å². The van der Waals surface area contributed by atoms with Crippen LogP contribution >= 0.6 is 0 Å². The highest BCUT2D eigenvalue weighted by Crippen LogP contribution is 2.23. The molecule has 148 valence electrons. The monoisotopic (exact) mass is 386 g/mol. The maximum Gasteiger partial charge on any atom is 0.244 e. The van der Waals surface area contributed by atoms with E-state index < -0.39 is 0 Å². The van der Waals surface area contributed by atoms with Crippen molar-refractivity contribution >= 4 is 12.0 Å². The zero-order valence-electron chi connectivity index (χ0n) is 17.3. The molecule has 0 aliphatic rings. The van der Waals surface area contributed by atoms with Crippen LogP contribution in [0, 0.1) is 25.7 Å². The van der Waals surface area contributed by atoms with Crippen LogP contribution in [-0.4, -0.2) is 26.8 Å². The number of carbonyl (C=O) groups excluding carboxylic acids is 1. The van der Waals surface area contributed by atoms with Gasteiger partial charge in [0.25, 0.3) is 0 Å². The van der Waals surface area contributed by atoms with E-state index in [-0.39, 0.29) is 11.9 Å². The maximum atomic E-state index is 12.1. The lowest BCUT2D eigenvalue weighted by Crippen LogP contribution is -2.20. The molecule has 0 atom stereocenters. The Morgan fingerprint density at radius 1 is 1.21 bits per heavy atom. The molecule has 0 bridgehead atoms. The SMILES string of the molecule is Cc1cc(/C=C/C(=O)NCC#Cc2ccccc2)c(C)n1-c1ccnn1C(C)C. The molecule has 5 heteroatoms. The predicted molar refractivity (Wildman–Crippen MR) is 117 cm³/mol. The highest BCUT2D eigenvalue weighted by atomic mass is 16.1. The minimum absolute atomic E-state index is 0.163. The third-order valence-corrected chi connectivity index (χ3v) is 4.61. The Morgan fingerprint density at radius 2 is 1.97 bits per heavy atom. The molecule has 0 fully saturated rings. The summed E-state index contributed by atoms with van der Waals surface area (Å²) in [5.41, 5.74) is 4.10. The zero-order valence-corrected chi connectivity index (χ0v) is 17.3. The van der Waals surface area contributed by atoms with Gasteiger partial charge in [-0.3, -0.25) is 4.79 Å². The second kappa shape index (κ2) is 9.11. The minimum Gasteiger partial charge on any atom is -0.342 e. The number of hydrogen-bond donors (Lipinski definition) is 1. The first-order chi connectivity index (χ1) is 14.0. The van der Waals surface area contributed by atoms with E-state index >= 15 is 0 Å². The van der Waals surface area contributed by atoms with E-state index in [1.54, 1.807) is 6.08 Å². The molecule has 2 aromatic heterocycles. The molecule has 0 aliphatic carbocycles. The van der Waals surface area contributed by atoms with Crippen molar-refractivity contribution in [2.45, 2.75) is 33.7 Å². The number of nitrogens with zero attached hydrogens (tertiary/aromatic N) is 3. The van der Waals surface area contributed by atoms with Gasteiger partial charge < -0.3 is 9.88 Å². The second-order valence-corrected chi connectivity index (χ2v) is 7.11. The average Bonchev–Trinajstić information content (AvgIpc) is 3.28. The number of hydrogen-bond acceptors (Lipinski definition) is 2. The van der Waals surface area contributed by atoms with Crippen molar-refractivity contribution in [1.82, 2.24) is 19.7 Å². The lowest BCUT2D eigenvalue weighted by molar-refractivity contribution is -0.116. The predicted octanol–water partition coefficient (Wildman–Crippen LogP) is 4.05. The number of aryl methyl sites for hydroxylation is 1. The molecule has 5 nitrogen and oxygen atoms in total. The first-order valence-electron chi connectivity index (χ1n) is 9.70. The van der Waals surface area contributed by atoms with E-state index in [1.807, 2.05) is 60.3 Å². The van der Waals surface area contributed by atoms with Crippen LogP contribution in [0.5, 0.6) is 0 Å². The van der Waals surface area contributed by atoms with Gasteiger partial charge in [0.15, 0.2) is 0 Å². The lowest BCUT2D eigenvalue weighted by atomic mass is 10.2. The summed E-state index contributed by atoms with van der Waals surface area (Å²) in [7, 11) is 0. The van der Waals surface area contributed by atoms with Crippen molar-refractivity contribution in [3.05, 3.63) is 77.3 Å². The molecule has 3 aromatic rings. The van der Waals surface area contributed by atoms with Gasteiger partial charge in [-0.1, -0.05) is 30.0 Å². The average molecular weight is 386 g/mol. The molecule has 0 unspecified atom stereocenters. The van der Waals surface area contributed by atoms with Gasteiger partial charge >= 0.3 is 0 Å². The molecule has 1 aromatic carbocycles. The van der Waals surface area contributed by atoms with Gasteiger partial charge in [0, 0.05) is 35.1 Å². The topological polar surface area (TPSA) is 51.9 Å².